The van der Waals surface area contributed by atoms with Gasteiger partial charge in [-0.1, -0.05) is 36.4 Å². The molecule has 4 heteroatoms. The Hall–Kier alpha value is -3.40. The summed E-state index contributed by atoms with van der Waals surface area (Å²) in [6.45, 7) is 2.03. The fourth-order valence-corrected chi connectivity index (χ4v) is 3.35. The summed E-state index contributed by atoms with van der Waals surface area (Å²) >= 11 is 0. The normalized spacial score (nSPS) is 11.4. The second-order valence-electron chi connectivity index (χ2n) is 6.19. The molecule has 3 heterocycles. The van der Waals surface area contributed by atoms with Gasteiger partial charge in [0, 0.05) is 36.0 Å². The van der Waals surface area contributed by atoms with E-state index in [4.69, 9.17) is 4.98 Å². The maximum absolute atomic E-state index is 4.81. The molecule has 0 bridgehead atoms. The van der Waals surface area contributed by atoms with Gasteiger partial charge >= 0.3 is 0 Å². The van der Waals surface area contributed by atoms with E-state index in [1.54, 1.807) is 0 Å². The number of benzene rings is 2. The van der Waals surface area contributed by atoms with Gasteiger partial charge < -0.3 is 4.40 Å². The molecule has 0 unspecified atom stereocenters. The first-order valence-electron chi connectivity index (χ1n) is 8.27. The second kappa shape index (κ2) is 5.31. The molecule has 0 aliphatic heterocycles. The first-order chi connectivity index (χ1) is 12.3. The Morgan fingerprint density at radius 3 is 2.68 bits per heavy atom. The lowest BCUT2D eigenvalue weighted by Gasteiger charge is -2.10. The minimum absolute atomic E-state index is 0.939. The first-order valence-corrected chi connectivity index (χ1v) is 8.27. The molecule has 5 rings (SSSR count). The van der Waals surface area contributed by atoms with Crippen molar-refractivity contribution < 1.29 is 0 Å². The Bertz CT molecular complexity index is 1200. The highest BCUT2D eigenvalue weighted by atomic mass is 15.1. The van der Waals surface area contributed by atoms with Gasteiger partial charge in [0.15, 0.2) is 0 Å². The Balaban J connectivity index is 1.82. The van der Waals surface area contributed by atoms with E-state index in [-0.39, 0.29) is 0 Å². The van der Waals surface area contributed by atoms with Crippen LogP contribution in [0.4, 0.5) is 0 Å². The van der Waals surface area contributed by atoms with Crippen LogP contribution in [0, 0.1) is 6.92 Å². The van der Waals surface area contributed by atoms with E-state index in [0.717, 1.165) is 33.8 Å². The number of fused-ring (bicyclic) bond motifs is 2. The maximum Gasteiger partial charge on any atom is 0.145 e. The van der Waals surface area contributed by atoms with Crippen LogP contribution in [0.15, 0.2) is 79.4 Å². The molecule has 4 nitrogen and oxygen atoms in total. The largest absolute Gasteiger partial charge is 0.306 e. The summed E-state index contributed by atoms with van der Waals surface area (Å²) in [5.41, 5.74) is 4.16. The van der Waals surface area contributed by atoms with Crippen LogP contribution in [-0.4, -0.2) is 18.9 Å². The van der Waals surface area contributed by atoms with Crippen molar-refractivity contribution in [2.45, 2.75) is 6.92 Å². The van der Waals surface area contributed by atoms with Crippen molar-refractivity contribution in [2.24, 2.45) is 0 Å². The molecule has 0 fully saturated rings. The molecule has 0 spiro atoms. The molecular weight excluding hydrogens is 308 g/mol. The highest BCUT2D eigenvalue weighted by Crippen LogP contribution is 2.30. The Labute approximate surface area is 145 Å². The molecule has 2 aromatic carbocycles. The van der Waals surface area contributed by atoms with Crippen molar-refractivity contribution in [2.75, 3.05) is 0 Å². The molecule has 0 aliphatic carbocycles. The van der Waals surface area contributed by atoms with Gasteiger partial charge in [0.1, 0.15) is 11.5 Å². The molecule has 0 radical (unpaired) electrons. The molecule has 0 N–H and O–H groups in total. The van der Waals surface area contributed by atoms with Crippen molar-refractivity contribution in [3.63, 3.8) is 0 Å². The summed E-state index contributed by atoms with van der Waals surface area (Å²) < 4.78 is 4.20. The molecule has 120 valence electrons. The minimum Gasteiger partial charge on any atom is -0.306 e. The summed E-state index contributed by atoms with van der Waals surface area (Å²) in [6, 6.07) is 18.8. The minimum atomic E-state index is 0.939. The van der Waals surface area contributed by atoms with Crippen molar-refractivity contribution >= 4 is 16.4 Å². The third kappa shape index (κ3) is 2.22. The van der Waals surface area contributed by atoms with Crippen LogP contribution in [0.1, 0.15) is 5.69 Å². The average molecular weight is 324 g/mol. The summed E-state index contributed by atoms with van der Waals surface area (Å²) in [7, 11) is 0. The maximum atomic E-state index is 4.81. The zero-order chi connectivity index (χ0) is 16.8. The number of imidazole rings is 2. The molecule has 0 saturated carbocycles. The van der Waals surface area contributed by atoms with Gasteiger partial charge in [-0.3, -0.25) is 4.57 Å². The monoisotopic (exact) mass is 324 g/mol. The SMILES string of the molecule is Cc1cn(-c2ccccc2)c(-c2cccc3cn4ccnc4cc23)n1. The fourth-order valence-electron chi connectivity index (χ4n) is 3.35. The molecule has 0 saturated heterocycles. The van der Waals surface area contributed by atoms with Crippen LogP contribution in [0.3, 0.4) is 0 Å². The summed E-state index contributed by atoms with van der Waals surface area (Å²) in [5, 5.41) is 2.33. The number of aryl methyl sites for hydroxylation is 1. The van der Waals surface area contributed by atoms with Gasteiger partial charge in [-0.05, 0) is 35.9 Å². The van der Waals surface area contributed by atoms with Crippen molar-refractivity contribution in [1.29, 1.82) is 0 Å². The third-order valence-corrected chi connectivity index (χ3v) is 4.49. The Kier molecular flexibility index (Phi) is 2.97. The van der Waals surface area contributed by atoms with Crippen molar-refractivity contribution in [3.8, 4) is 17.1 Å². The Morgan fingerprint density at radius 1 is 0.920 bits per heavy atom. The van der Waals surface area contributed by atoms with Crippen LogP contribution < -0.4 is 0 Å². The second-order valence-corrected chi connectivity index (χ2v) is 6.19. The van der Waals surface area contributed by atoms with Gasteiger partial charge in [-0.25, -0.2) is 9.97 Å². The molecule has 0 aliphatic rings. The predicted octanol–water partition coefficient (Wildman–Crippen LogP) is 4.65. The smallest absolute Gasteiger partial charge is 0.145 e. The van der Waals surface area contributed by atoms with Crippen molar-refractivity contribution in [1.82, 2.24) is 18.9 Å². The van der Waals surface area contributed by atoms with E-state index >= 15 is 0 Å². The molecule has 0 amide bonds. The number of aromatic nitrogens is 4. The van der Waals surface area contributed by atoms with Crippen LogP contribution in [-0.2, 0) is 0 Å². The van der Waals surface area contributed by atoms with E-state index in [1.807, 2.05) is 41.9 Å². The lowest BCUT2D eigenvalue weighted by molar-refractivity contribution is 1.07. The number of nitrogens with zero attached hydrogens (tertiary/aromatic N) is 4. The summed E-state index contributed by atoms with van der Waals surface area (Å²) in [5.74, 6) is 0.949. The van der Waals surface area contributed by atoms with Gasteiger partial charge in [0.2, 0.25) is 0 Å². The summed E-state index contributed by atoms with van der Waals surface area (Å²) in [6.07, 6.45) is 7.99. The number of hydrogen-bond acceptors (Lipinski definition) is 2. The fraction of sp³-hybridized carbons (Fsp3) is 0.0476. The van der Waals surface area contributed by atoms with E-state index in [0.29, 0.717) is 0 Å². The van der Waals surface area contributed by atoms with Crippen LogP contribution in [0.5, 0.6) is 0 Å². The number of para-hydroxylation sites is 1. The Morgan fingerprint density at radius 2 is 1.80 bits per heavy atom. The van der Waals surface area contributed by atoms with E-state index in [9.17, 15) is 0 Å². The quantitative estimate of drug-likeness (QED) is 0.474. The average Bonchev–Trinajstić information content (AvgIpc) is 3.26. The molecule has 25 heavy (non-hydrogen) atoms. The van der Waals surface area contributed by atoms with Gasteiger partial charge in [0.05, 0.1) is 5.69 Å². The van der Waals surface area contributed by atoms with E-state index in [2.05, 4.69) is 58.3 Å². The molecule has 0 atom stereocenters. The number of rotatable bonds is 2. The van der Waals surface area contributed by atoms with E-state index < -0.39 is 0 Å². The number of hydrogen-bond donors (Lipinski definition) is 0. The molecule has 5 aromatic rings. The van der Waals surface area contributed by atoms with E-state index in [1.165, 1.54) is 5.39 Å². The highest BCUT2D eigenvalue weighted by Gasteiger charge is 2.13. The first kappa shape index (κ1) is 14.0. The van der Waals surface area contributed by atoms with Crippen molar-refractivity contribution in [3.05, 3.63) is 85.1 Å². The van der Waals surface area contributed by atoms with Crippen LogP contribution >= 0.6 is 0 Å². The van der Waals surface area contributed by atoms with Crippen LogP contribution in [0.2, 0.25) is 0 Å². The van der Waals surface area contributed by atoms with Gasteiger partial charge in [-0.15, -0.1) is 0 Å². The zero-order valence-electron chi connectivity index (χ0n) is 13.8. The lowest BCUT2D eigenvalue weighted by atomic mass is 10.1. The third-order valence-electron chi connectivity index (χ3n) is 4.49. The standard InChI is InChI=1S/C21H16N4/c1-15-13-25(17-7-3-2-4-8-17)21(23-15)18-9-5-6-16-14-24-11-10-22-20(24)12-19(16)18/h2-14H,1H3. The molecular formula is C21H16N4. The van der Waals surface area contributed by atoms with Gasteiger partial charge in [-0.2, -0.15) is 0 Å². The predicted molar refractivity (Wildman–Crippen MR) is 100.0 cm³/mol. The number of pyridine rings is 1. The molecule has 3 aromatic heterocycles. The highest BCUT2D eigenvalue weighted by molar-refractivity contribution is 5.97. The zero-order valence-corrected chi connectivity index (χ0v) is 13.8. The lowest BCUT2D eigenvalue weighted by Crippen LogP contribution is -1.97. The van der Waals surface area contributed by atoms with Gasteiger partial charge in [0.25, 0.3) is 0 Å². The topological polar surface area (TPSA) is 35.1 Å². The summed E-state index contributed by atoms with van der Waals surface area (Å²) in [4.78, 5) is 9.24. The van der Waals surface area contributed by atoms with Crippen LogP contribution in [0.25, 0.3) is 33.5 Å².